The maximum absolute atomic E-state index is 11.6. The molecule has 1 amide bonds. The van der Waals surface area contributed by atoms with Crippen LogP contribution < -0.4 is 5.32 Å². The number of thioether (sulfide) groups is 1. The molecule has 0 aromatic heterocycles. The van der Waals surface area contributed by atoms with Gasteiger partial charge in [0.05, 0.1) is 0 Å². The molecule has 2 N–H and O–H groups in total. The van der Waals surface area contributed by atoms with E-state index in [1.807, 2.05) is 24.3 Å². The molecule has 0 fully saturated rings. The Labute approximate surface area is 125 Å². The van der Waals surface area contributed by atoms with Gasteiger partial charge in [-0.1, -0.05) is 12.1 Å². The first-order chi connectivity index (χ1) is 8.83. The third-order valence-electron chi connectivity index (χ3n) is 2.41. The molecule has 4 nitrogen and oxygen atoms in total. The number of halogens is 1. The van der Waals surface area contributed by atoms with Crippen molar-refractivity contribution in [1.82, 2.24) is 5.32 Å². The van der Waals surface area contributed by atoms with Crippen molar-refractivity contribution in [1.29, 1.82) is 0 Å². The summed E-state index contributed by atoms with van der Waals surface area (Å²) < 4.78 is 0.992. The van der Waals surface area contributed by atoms with Crippen LogP contribution in [-0.4, -0.2) is 28.3 Å². The van der Waals surface area contributed by atoms with E-state index < -0.39 is 11.5 Å². The molecule has 0 unspecified atom stereocenters. The lowest BCUT2D eigenvalue weighted by atomic mass is 10.1. The number of aliphatic carboxylic acids is 1. The third kappa shape index (κ3) is 5.24. The van der Waals surface area contributed by atoms with Crippen LogP contribution in [0.5, 0.6) is 0 Å². The van der Waals surface area contributed by atoms with Crippen molar-refractivity contribution < 1.29 is 14.7 Å². The lowest BCUT2D eigenvalue weighted by molar-refractivity contribution is -0.145. The number of carboxylic acid groups (broad SMARTS) is 1. The summed E-state index contributed by atoms with van der Waals surface area (Å²) in [7, 11) is 0. The lowest BCUT2D eigenvalue weighted by Crippen LogP contribution is -2.49. The van der Waals surface area contributed by atoms with Crippen molar-refractivity contribution in [2.24, 2.45) is 0 Å². The standard InChI is InChI=1S/C13H16BrNO3S/c1-13(2,12(17)18)15-11(16)7-8-19-10-6-4-3-5-9(10)14/h3-6H,7-8H2,1-2H3,(H,15,16)(H,17,18). The summed E-state index contributed by atoms with van der Waals surface area (Å²) in [5.41, 5.74) is -1.23. The van der Waals surface area contributed by atoms with Gasteiger partial charge in [-0.05, 0) is 41.9 Å². The van der Waals surface area contributed by atoms with Crippen LogP contribution in [0.15, 0.2) is 33.6 Å². The molecule has 0 atom stereocenters. The number of rotatable bonds is 6. The van der Waals surface area contributed by atoms with Crippen molar-refractivity contribution in [3.63, 3.8) is 0 Å². The topological polar surface area (TPSA) is 66.4 Å². The van der Waals surface area contributed by atoms with E-state index in [-0.39, 0.29) is 12.3 Å². The molecule has 0 aliphatic carbocycles. The number of benzene rings is 1. The van der Waals surface area contributed by atoms with Gasteiger partial charge in [0.1, 0.15) is 5.54 Å². The van der Waals surface area contributed by atoms with Gasteiger partial charge in [-0.3, -0.25) is 4.79 Å². The SMILES string of the molecule is CC(C)(NC(=O)CCSc1ccccc1Br)C(=O)O. The normalized spacial score (nSPS) is 11.1. The number of carbonyl (C=O) groups excluding carboxylic acids is 1. The summed E-state index contributed by atoms with van der Waals surface area (Å²) in [6, 6.07) is 7.76. The number of hydrogen-bond donors (Lipinski definition) is 2. The Hall–Kier alpha value is -1.01. The van der Waals surface area contributed by atoms with Gasteiger partial charge in [0.2, 0.25) is 5.91 Å². The molecule has 0 heterocycles. The first-order valence-corrected chi connectivity index (χ1v) is 7.52. The quantitative estimate of drug-likeness (QED) is 0.778. The summed E-state index contributed by atoms with van der Waals surface area (Å²) >= 11 is 4.99. The second-order valence-corrected chi connectivity index (χ2v) is 6.50. The van der Waals surface area contributed by atoms with E-state index >= 15 is 0 Å². The zero-order chi connectivity index (χ0) is 14.5. The second-order valence-electron chi connectivity index (χ2n) is 4.51. The summed E-state index contributed by atoms with van der Waals surface area (Å²) in [6.07, 6.45) is 0.280. The summed E-state index contributed by atoms with van der Waals surface area (Å²) in [4.78, 5) is 23.6. The predicted molar refractivity (Wildman–Crippen MR) is 79.3 cm³/mol. The van der Waals surface area contributed by atoms with Gasteiger partial charge in [0, 0.05) is 21.5 Å². The van der Waals surface area contributed by atoms with Crippen LogP contribution >= 0.6 is 27.7 Å². The highest BCUT2D eigenvalue weighted by molar-refractivity contribution is 9.10. The highest BCUT2D eigenvalue weighted by atomic mass is 79.9. The molecule has 0 radical (unpaired) electrons. The molecule has 0 spiro atoms. The van der Waals surface area contributed by atoms with Crippen LogP contribution in [0.1, 0.15) is 20.3 Å². The highest BCUT2D eigenvalue weighted by Gasteiger charge is 2.28. The van der Waals surface area contributed by atoms with Gasteiger partial charge in [-0.15, -0.1) is 11.8 Å². The molecule has 0 saturated heterocycles. The average molecular weight is 346 g/mol. The fourth-order valence-corrected chi connectivity index (χ4v) is 2.80. The zero-order valence-corrected chi connectivity index (χ0v) is 13.2. The summed E-state index contributed by atoms with van der Waals surface area (Å²) in [5, 5.41) is 11.4. The predicted octanol–water partition coefficient (Wildman–Crippen LogP) is 2.91. The van der Waals surface area contributed by atoms with Gasteiger partial charge >= 0.3 is 5.97 Å². The van der Waals surface area contributed by atoms with Crippen LogP contribution in [0.4, 0.5) is 0 Å². The number of hydrogen-bond acceptors (Lipinski definition) is 3. The minimum Gasteiger partial charge on any atom is -0.480 e. The molecular formula is C13H16BrNO3S. The highest BCUT2D eigenvalue weighted by Crippen LogP contribution is 2.27. The zero-order valence-electron chi connectivity index (χ0n) is 10.8. The van der Waals surface area contributed by atoms with Crippen molar-refractivity contribution in [2.45, 2.75) is 30.7 Å². The van der Waals surface area contributed by atoms with E-state index in [1.165, 1.54) is 13.8 Å². The van der Waals surface area contributed by atoms with Crippen molar-refractivity contribution in [3.8, 4) is 0 Å². The average Bonchev–Trinajstić information content (AvgIpc) is 2.30. The Balaban J connectivity index is 2.40. The first-order valence-electron chi connectivity index (χ1n) is 5.74. The number of nitrogens with one attached hydrogen (secondary N) is 1. The van der Waals surface area contributed by atoms with Gasteiger partial charge in [0.15, 0.2) is 0 Å². The molecule has 1 aromatic carbocycles. The fraction of sp³-hybridized carbons (Fsp3) is 0.385. The van der Waals surface area contributed by atoms with Crippen LogP contribution in [0.25, 0.3) is 0 Å². The molecule has 0 saturated carbocycles. The largest absolute Gasteiger partial charge is 0.480 e. The Morgan fingerprint density at radius 1 is 1.37 bits per heavy atom. The van der Waals surface area contributed by atoms with Crippen molar-refractivity contribution in [2.75, 3.05) is 5.75 Å². The van der Waals surface area contributed by atoms with Gasteiger partial charge < -0.3 is 10.4 Å². The molecule has 1 aromatic rings. The monoisotopic (exact) mass is 345 g/mol. The lowest BCUT2D eigenvalue weighted by Gasteiger charge is -2.20. The molecule has 0 bridgehead atoms. The van der Waals surface area contributed by atoms with Gasteiger partial charge in [-0.25, -0.2) is 4.79 Å². The van der Waals surface area contributed by atoms with Crippen LogP contribution in [0.3, 0.4) is 0 Å². The first kappa shape index (κ1) is 16.0. The van der Waals surface area contributed by atoms with E-state index in [0.717, 1.165) is 9.37 Å². The molecule has 0 aliphatic rings. The van der Waals surface area contributed by atoms with Crippen molar-refractivity contribution in [3.05, 3.63) is 28.7 Å². The molecule has 6 heteroatoms. The van der Waals surface area contributed by atoms with Crippen molar-refractivity contribution >= 4 is 39.6 Å². The third-order valence-corrected chi connectivity index (χ3v) is 4.44. The Kier molecular flexibility index (Phi) is 5.87. The van der Waals surface area contributed by atoms with Crippen LogP contribution in [0.2, 0.25) is 0 Å². The molecule has 1 rings (SSSR count). The van der Waals surface area contributed by atoms with Gasteiger partial charge in [0.25, 0.3) is 0 Å². The summed E-state index contributed by atoms with van der Waals surface area (Å²) in [5.74, 6) is -0.698. The molecular weight excluding hydrogens is 330 g/mol. The van der Waals surface area contributed by atoms with E-state index in [4.69, 9.17) is 5.11 Å². The van der Waals surface area contributed by atoms with Gasteiger partial charge in [-0.2, -0.15) is 0 Å². The van der Waals surface area contributed by atoms with Crippen LogP contribution in [0, 0.1) is 0 Å². The molecule has 19 heavy (non-hydrogen) atoms. The maximum Gasteiger partial charge on any atom is 0.328 e. The number of carbonyl (C=O) groups is 2. The number of carboxylic acids is 1. The Morgan fingerprint density at radius 3 is 2.58 bits per heavy atom. The molecule has 104 valence electrons. The smallest absolute Gasteiger partial charge is 0.328 e. The minimum atomic E-state index is -1.23. The number of amides is 1. The molecule has 0 aliphatic heterocycles. The van der Waals surface area contributed by atoms with E-state index in [2.05, 4.69) is 21.2 Å². The van der Waals surface area contributed by atoms with E-state index in [1.54, 1.807) is 11.8 Å². The second kappa shape index (κ2) is 6.96. The minimum absolute atomic E-state index is 0.257. The Bertz CT molecular complexity index is 477. The fourth-order valence-electron chi connectivity index (χ4n) is 1.28. The summed E-state index contributed by atoms with van der Waals surface area (Å²) in [6.45, 7) is 2.93. The Morgan fingerprint density at radius 2 is 2.00 bits per heavy atom. The van der Waals surface area contributed by atoms with E-state index in [9.17, 15) is 9.59 Å². The van der Waals surface area contributed by atoms with E-state index in [0.29, 0.717) is 5.75 Å². The maximum atomic E-state index is 11.6. The van der Waals surface area contributed by atoms with Crippen LogP contribution in [-0.2, 0) is 9.59 Å².